The molecular formula is C16H26O3. The van der Waals surface area contributed by atoms with Crippen molar-refractivity contribution >= 4 is 0 Å². The van der Waals surface area contributed by atoms with Crippen LogP contribution in [0.1, 0.15) is 38.8 Å². The molecule has 1 aromatic carbocycles. The van der Waals surface area contributed by atoms with Crippen LogP contribution in [0.4, 0.5) is 0 Å². The van der Waals surface area contributed by atoms with E-state index in [9.17, 15) is 0 Å². The van der Waals surface area contributed by atoms with Crippen LogP contribution in [-0.4, -0.2) is 25.4 Å². The Labute approximate surface area is 116 Å². The molecule has 0 bridgehead atoms. The second-order valence-corrected chi connectivity index (χ2v) is 5.62. The molecule has 108 valence electrons. The Bertz CT molecular complexity index is 380. The van der Waals surface area contributed by atoms with Gasteiger partial charge in [-0.1, -0.05) is 6.07 Å². The Morgan fingerprint density at radius 3 is 2.32 bits per heavy atom. The van der Waals surface area contributed by atoms with Gasteiger partial charge in [0.05, 0.1) is 19.8 Å². The van der Waals surface area contributed by atoms with E-state index >= 15 is 0 Å². The summed E-state index contributed by atoms with van der Waals surface area (Å²) in [6, 6.07) is 6.21. The molecular weight excluding hydrogens is 240 g/mol. The first-order valence-electron chi connectivity index (χ1n) is 6.86. The summed E-state index contributed by atoms with van der Waals surface area (Å²) in [4.78, 5) is 0. The van der Waals surface area contributed by atoms with E-state index in [-0.39, 0.29) is 5.60 Å². The molecule has 0 spiro atoms. The fraction of sp³-hybridized carbons (Fsp3) is 0.625. The van der Waals surface area contributed by atoms with E-state index in [1.165, 1.54) is 5.56 Å². The minimum Gasteiger partial charge on any atom is -0.488 e. The van der Waals surface area contributed by atoms with Crippen molar-refractivity contribution in [2.45, 2.75) is 46.8 Å². The van der Waals surface area contributed by atoms with Crippen molar-refractivity contribution in [1.29, 1.82) is 0 Å². The Balaban J connectivity index is 2.54. The van der Waals surface area contributed by atoms with Crippen molar-refractivity contribution in [3.8, 4) is 5.75 Å². The van der Waals surface area contributed by atoms with Gasteiger partial charge in [-0.2, -0.15) is 0 Å². The first-order valence-corrected chi connectivity index (χ1v) is 6.86. The highest BCUT2D eigenvalue weighted by molar-refractivity contribution is 5.33. The molecule has 0 aliphatic heterocycles. The average molecular weight is 266 g/mol. The minimum absolute atomic E-state index is 0.180. The van der Waals surface area contributed by atoms with Crippen molar-refractivity contribution in [3.63, 3.8) is 0 Å². The third kappa shape index (κ3) is 7.19. The molecule has 1 aromatic rings. The zero-order chi connectivity index (χ0) is 14.3. The van der Waals surface area contributed by atoms with Gasteiger partial charge in [-0.25, -0.2) is 0 Å². The third-order valence-electron chi connectivity index (χ3n) is 2.38. The van der Waals surface area contributed by atoms with Gasteiger partial charge in [-0.15, -0.1) is 0 Å². The summed E-state index contributed by atoms with van der Waals surface area (Å²) in [7, 11) is 0. The van der Waals surface area contributed by atoms with E-state index in [2.05, 4.69) is 19.1 Å². The molecule has 0 saturated carbocycles. The standard InChI is InChI=1S/C16H26O3/c1-6-17-7-8-18-12-14-9-13(2)10-15(11-14)19-16(3,4)5/h9-11H,6-8,12H2,1-5H3. The van der Waals surface area contributed by atoms with Gasteiger partial charge in [-0.05, 0) is 57.9 Å². The van der Waals surface area contributed by atoms with Gasteiger partial charge >= 0.3 is 0 Å². The maximum absolute atomic E-state index is 5.89. The molecule has 0 heterocycles. The molecule has 0 aromatic heterocycles. The van der Waals surface area contributed by atoms with Crippen LogP contribution in [0.2, 0.25) is 0 Å². The van der Waals surface area contributed by atoms with Crippen LogP contribution in [0.15, 0.2) is 18.2 Å². The maximum atomic E-state index is 5.89. The van der Waals surface area contributed by atoms with E-state index in [0.717, 1.165) is 17.9 Å². The Morgan fingerprint density at radius 2 is 1.68 bits per heavy atom. The molecule has 0 saturated heterocycles. The highest BCUT2D eigenvalue weighted by atomic mass is 16.5. The van der Waals surface area contributed by atoms with Crippen molar-refractivity contribution in [3.05, 3.63) is 29.3 Å². The van der Waals surface area contributed by atoms with Crippen molar-refractivity contribution in [1.82, 2.24) is 0 Å². The summed E-state index contributed by atoms with van der Waals surface area (Å²) in [5, 5.41) is 0. The van der Waals surface area contributed by atoms with Gasteiger partial charge in [0.2, 0.25) is 0 Å². The van der Waals surface area contributed by atoms with Gasteiger partial charge in [0.15, 0.2) is 0 Å². The molecule has 0 amide bonds. The molecule has 0 aliphatic carbocycles. The van der Waals surface area contributed by atoms with Crippen molar-refractivity contribution in [2.75, 3.05) is 19.8 Å². The predicted octanol–water partition coefficient (Wildman–Crippen LogP) is 3.73. The van der Waals surface area contributed by atoms with Gasteiger partial charge in [0.1, 0.15) is 11.4 Å². The molecule has 0 N–H and O–H groups in total. The number of hydrogen-bond donors (Lipinski definition) is 0. The normalized spacial score (nSPS) is 11.6. The van der Waals surface area contributed by atoms with Crippen molar-refractivity contribution in [2.24, 2.45) is 0 Å². The summed E-state index contributed by atoms with van der Waals surface area (Å²) < 4.78 is 16.7. The minimum atomic E-state index is -0.180. The topological polar surface area (TPSA) is 27.7 Å². The molecule has 3 nitrogen and oxygen atoms in total. The van der Waals surface area contributed by atoms with Gasteiger partial charge in [-0.3, -0.25) is 0 Å². The van der Waals surface area contributed by atoms with Crippen LogP contribution in [0, 0.1) is 6.92 Å². The summed E-state index contributed by atoms with van der Waals surface area (Å²) in [5.41, 5.74) is 2.14. The monoisotopic (exact) mass is 266 g/mol. The molecule has 0 aliphatic rings. The largest absolute Gasteiger partial charge is 0.488 e. The van der Waals surface area contributed by atoms with Crippen LogP contribution >= 0.6 is 0 Å². The second-order valence-electron chi connectivity index (χ2n) is 5.62. The third-order valence-corrected chi connectivity index (χ3v) is 2.38. The number of rotatable bonds is 7. The second kappa shape index (κ2) is 7.51. The van der Waals surface area contributed by atoms with E-state index in [0.29, 0.717) is 19.8 Å². The Kier molecular flexibility index (Phi) is 6.32. The summed E-state index contributed by atoms with van der Waals surface area (Å²) in [5.74, 6) is 0.899. The zero-order valence-corrected chi connectivity index (χ0v) is 12.8. The number of hydrogen-bond acceptors (Lipinski definition) is 3. The molecule has 1 rings (SSSR count). The van der Waals surface area contributed by atoms with E-state index < -0.39 is 0 Å². The molecule has 19 heavy (non-hydrogen) atoms. The van der Waals surface area contributed by atoms with E-state index in [4.69, 9.17) is 14.2 Å². The van der Waals surface area contributed by atoms with Gasteiger partial charge in [0, 0.05) is 6.61 Å². The highest BCUT2D eigenvalue weighted by Crippen LogP contribution is 2.22. The average Bonchev–Trinajstić information content (AvgIpc) is 2.25. The van der Waals surface area contributed by atoms with E-state index in [1.54, 1.807) is 0 Å². The SMILES string of the molecule is CCOCCOCc1cc(C)cc(OC(C)(C)C)c1. The summed E-state index contributed by atoms with van der Waals surface area (Å²) in [6.07, 6.45) is 0. The summed E-state index contributed by atoms with van der Waals surface area (Å²) in [6.45, 7) is 12.8. The lowest BCUT2D eigenvalue weighted by atomic mass is 10.1. The van der Waals surface area contributed by atoms with Crippen molar-refractivity contribution < 1.29 is 14.2 Å². The fourth-order valence-electron chi connectivity index (χ4n) is 1.77. The zero-order valence-electron chi connectivity index (χ0n) is 12.8. The molecule has 0 unspecified atom stereocenters. The number of ether oxygens (including phenoxy) is 3. The molecule has 3 heteroatoms. The van der Waals surface area contributed by atoms with Gasteiger partial charge < -0.3 is 14.2 Å². The van der Waals surface area contributed by atoms with Crippen LogP contribution in [0.25, 0.3) is 0 Å². The Morgan fingerprint density at radius 1 is 1.00 bits per heavy atom. The highest BCUT2D eigenvalue weighted by Gasteiger charge is 2.12. The summed E-state index contributed by atoms with van der Waals surface area (Å²) >= 11 is 0. The first kappa shape index (κ1) is 16.0. The Hall–Kier alpha value is -1.06. The molecule has 0 radical (unpaired) electrons. The van der Waals surface area contributed by atoms with Crippen LogP contribution in [-0.2, 0) is 16.1 Å². The van der Waals surface area contributed by atoms with E-state index in [1.807, 2.05) is 33.8 Å². The number of benzene rings is 1. The lowest BCUT2D eigenvalue weighted by Gasteiger charge is -2.22. The fourth-order valence-corrected chi connectivity index (χ4v) is 1.77. The molecule has 0 atom stereocenters. The van der Waals surface area contributed by atoms with Crippen LogP contribution in [0.3, 0.4) is 0 Å². The van der Waals surface area contributed by atoms with Gasteiger partial charge in [0.25, 0.3) is 0 Å². The lowest BCUT2D eigenvalue weighted by Crippen LogP contribution is -2.23. The maximum Gasteiger partial charge on any atom is 0.120 e. The quantitative estimate of drug-likeness (QED) is 0.704. The van der Waals surface area contributed by atoms with Crippen LogP contribution < -0.4 is 4.74 Å². The predicted molar refractivity (Wildman–Crippen MR) is 77.7 cm³/mol. The first-order chi connectivity index (χ1) is 8.90. The lowest BCUT2D eigenvalue weighted by molar-refractivity contribution is 0.0451. The number of aryl methyl sites for hydroxylation is 1. The van der Waals surface area contributed by atoms with Crippen LogP contribution in [0.5, 0.6) is 5.75 Å². The molecule has 0 fully saturated rings. The smallest absolute Gasteiger partial charge is 0.120 e.